The Hall–Kier alpha value is -1.87. The maximum Gasteiger partial charge on any atom is 0.274 e. The van der Waals surface area contributed by atoms with Gasteiger partial charge in [0.15, 0.2) is 5.69 Å². The van der Waals surface area contributed by atoms with E-state index in [0.29, 0.717) is 18.2 Å². The first-order valence-electron chi connectivity index (χ1n) is 10.2. The number of likely N-dealkylation sites (tertiary alicyclic amines) is 1. The highest BCUT2D eigenvalue weighted by atomic mass is 16.2. The summed E-state index contributed by atoms with van der Waals surface area (Å²) in [6.45, 7) is 5.64. The molecular weight excluding hydrogens is 326 g/mol. The van der Waals surface area contributed by atoms with Crippen LogP contribution in [0.3, 0.4) is 0 Å². The summed E-state index contributed by atoms with van der Waals surface area (Å²) in [5.74, 6) is 0.126. The molecule has 1 aliphatic carbocycles. The summed E-state index contributed by atoms with van der Waals surface area (Å²) in [5.41, 5.74) is 3.12. The molecule has 6 nitrogen and oxygen atoms in total. The molecule has 6 heteroatoms. The number of piperidine rings is 1. The highest BCUT2D eigenvalue weighted by Gasteiger charge is 2.31. The van der Waals surface area contributed by atoms with E-state index in [1.807, 2.05) is 4.90 Å². The fourth-order valence-corrected chi connectivity index (χ4v) is 4.15. The van der Waals surface area contributed by atoms with Crippen LogP contribution in [0.4, 0.5) is 0 Å². The first kappa shape index (κ1) is 18.9. The summed E-state index contributed by atoms with van der Waals surface area (Å²) in [6, 6.07) is 2.58. The van der Waals surface area contributed by atoms with E-state index in [-0.39, 0.29) is 5.91 Å². The van der Waals surface area contributed by atoms with Crippen molar-refractivity contribution in [2.45, 2.75) is 77.3 Å². The number of nitriles is 1. The van der Waals surface area contributed by atoms with Crippen molar-refractivity contribution in [1.82, 2.24) is 20.0 Å². The molecule has 2 heterocycles. The predicted octanol–water partition coefficient (Wildman–Crippen LogP) is 2.67. The van der Waals surface area contributed by atoms with Crippen LogP contribution in [-0.4, -0.2) is 46.3 Å². The molecule has 0 saturated carbocycles. The molecule has 1 aromatic heterocycles. The summed E-state index contributed by atoms with van der Waals surface area (Å²) in [7, 11) is 0. The minimum Gasteiger partial charge on any atom is -0.337 e. The number of aryl methyl sites for hydroxylation is 1. The fourth-order valence-electron chi connectivity index (χ4n) is 4.15. The standard InChI is InChI=1S/C20H31N5O/c1-2-12-25-18-9-8-16(22-11-5-4-10-21)15-17(18)19(23-25)20(26)24-13-6-3-7-14-24/h16,22H,2-9,11-15H2,1H3. The van der Waals surface area contributed by atoms with Crippen LogP contribution in [0.1, 0.15) is 73.6 Å². The number of amides is 1. The van der Waals surface area contributed by atoms with Gasteiger partial charge in [0.25, 0.3) is 5.91 Å². The van der Waals surface area contributed by atoms with Gasteiger partial charge in [-0.25, -0.2) is 0 Å². The molecule has 1 N–H and O–H groups in total. The van der Waals surface area contributed by atoms with Gasteiger partial charge in [0.05, 0.1) is 6.07 Å². The van der Waals surface area contributed by atoms with Gasteiger partial charge in [-0.15, -0.1) is 0 Å². The average molecular weight is 358 g/mol. The number of carbonyl (C=O) groups is 1. The first-order valence-corrected chi connectivity index (χ1v) is 10.2. The third kappa shape index (κ3) is 4.27. The minimum absolute atomic E-state index is 0.126. The third-order valence-electron chi connectivity index (χ3n) is 5.53. The topological polar surface area (TPSA) is 74.0 Å². The van der Waals surface area contributed by atoms with Crippen LogP contribution in [0.2, 0.25) is 0 Å². The molecule has 2 aliphatic rings. The number of rotatable bonds is 7. The lowest BCUT2D eigenvalue weighted by molar-refractivity contribution is 0.0716. The second-order valence-corrected chi connectivity index (χ2v) is 7.51. The van der Waals surface area contributed by atoms with E-state index < -0.39 is 0 Å². The molecule has 0 aromatic carbocycles. The van der Waals surface area contributed by atoms with Gasteiger partial charge >= 0.3 is 0 Å². The number of hydrogen-bond acceptors (Lipinski definition) is 4. The van der Waals surface area contributed by atoms with Crippen molar-refractivity contribution < 1.29 is 4.79 Å². The summed E-state index contributed by atoms with van der Waals surface area (Å²) in [5, 5.41) is 17.0. The van der Waals surface area contributed by atoms with E-state index in [1.54, 1.807) is 0 Å². The van der Waals surface area contributed by atoms with Crippen molar-refractivity contribution in [2.24, 2.45) is 0 Å². The smallest absolute Gasteiger partial charge is 0.274 e. The summed E-state index contributed by atoms with van der Waals surface area (Å²) in [6.07, 6.45) is 8.87. The van der Waals surface area contributed by atoms with Gasteiger partial charge in [-0.3, -0.25) is 9.48 Å². The second kappa shape index (κ2) is 9.18. The van der Waals surface area contributed by atoms with Crippen molar-refractivity contribution in [3.8, 4) is 6.07 Å². The Balaban J connectivity index is 1.75. The molecule has 142 valence electrons. The largest absolute Gasteiger partial charge is 0.337 e. The Kier molecular flexibility index (Phi) is 6.67. The van der Waals surface area contributed by atoms with E-state index in [2.05, 4.69) is 23.0 Å². The number of hydrogen-bond donors (Lipinski definition) is 1. The van der Waals surface area contributed by atoms with Gasteiger partial charge in [-0.05, 0) is 57.9 Å². The molecule has 1 aliphatic heterocycles. The van der Waals surface area contributed by atoms with Gasteiger partial charge in [0.1, 0.15) is 0 Å². The summed E-state index contributed by atoms with van der Waals surface area (Å²) in [4.78, 5) is 15.1. The van der Waals surface area contributed by atoms with Gasteiger partial charge < -0.3 is 10.2 Å². The van der Waals surface area contributed by atoms with Gasteiger partial charge in [-0.2, -0.15) is 10.4 Å². The summed E-state index contributed by atoms with van der Waals surface area (Å²) < 4.78 is 2.08. The Labute approximate surface area is 156 Å². The molecule has 1 aromatic rings. The van der Waals surface area contributed by atoms with Crippen LogP contribution >= 0.6 is 0 Å². The summed E-state index contributed by atoms with van der Waals surface area (Å²) >= 11 is 0. The zero-order valence-electron chi connectivity index (χ0n) is 16.0. The molecule has 0 spiro atoms. The predicted molar refractivity (Wildman–Crippen MR) is 101 cm³/mol. The van der Waals surface area contributed by atoms with Gasteiger partial charge in [0, 0.05) is 43.4 Å². The van der Waals surface area contributed by atoms with E-state index in [9.17, 15) is 4.79 Å². The molecule has 26 heavy (non-hydrogen) atoms. The van der Waals surface area contributed by atoms with E-state index >= 15 is 0 Å². The van der Waals surface area contributed by atoms with Gasteiger partial charge in [-0.1, -0.05) is 6.92 Å². The first-order chi connectivity index (χ1) is 12.7. The maximum absolute atomic E-state index is 13.1. The zero-order valence-corrected chi connectivity index (χ0v) is 16.0. The molecule has 0 bridgehead atoms. The molecule has 1 atom stereocenters. The number of carbonyl (C=O) groups excluding carboxylic acids is 1. The molecule has 1 amide bonds. The maximum atomic E-state index is 13.1. The number of nitrogens with one attached hydrogen (secondary N) is 1. The average Bonchev–Trinajstić information content (AvgIpc) is 3.03. The van der Waals surface area contributed by atoms with Crippen LogP contribution in [0.5, 0.6) is 0 Å². The molecule has 0 radical (unpaired) electrons. The zero-order chi connectivity index (χ0) is 18.4. The van der Waals surface area contributed by atoms with Crippen LogP contribution in [-0.2, 0) is 19.4 Å². The van der Waals surface area contributed by atoms with Crippen LogP contribution in [0, 0.1) is 11.3 Å². The molecule has 1 unspecified atom stereocenters. The molecular formula is C20H31N5O. The Bertz CT molecular complexity index is 654. The van der Waals surface area contributed by atoms with E-state index in [1.165, 1.54) is 12.1 Å². The molecule has 3 rings (SSSR count). The van der Waals surface area contributed by atoms with E-state index in [0.717, 1.165) is 76.7 Å². The van der Waals surface area contributed by atoms with Crippen LogP contribution in [0.25, 0.3) is 0 Å². The lowest BCUT2D eigenvalue weighted by Crippen LogP contribution is -2.38. The Morgan fingerprint density at radius 2 is 2.15 bits per heavy atom. The monoisotopic (exact) mass is 357 g/mol. The second-order valence-electron chi connectivity index (χ2n) is 7.51. The normalized spacial score (nSPS) is 19.8. The van der Waals surface area contributed by atoms with Crippen molar-refractivity contribution in [2.75, 3.05) is 19.6 Å². The Morgan fingerprint density at radius 3 is 2.88 bits per heavy atom. The van der Waals surface area contributed by atoms with Crippen LogP contribution in [0.15, 0.2) is 0 Å². The molecule has 1 saturated heterocycles. The fraction of sp³-hybridized carbons (Fsp3) is 0.750. The van der Waals surface area contributed by atoms with Gasteiger partial charge in [0.2, 0.25) is 0 Å². The number of nitrogens with zero attached hydrogens (tertiary/aromatic N) is 4. The van der Waals surface area contributed by atoms with Crippen molar-refractivity contribution in [3.05, 3.63) is 17.0 Å². The number of aromatic nitrogens is 2. The Morgan fingerprint density at radius 1 is 1.35 bits per heavy atom. The minimum atomic E-state index is 0.126. The van der Waals surface area contributed by atoms with Crippen molar-refractivity contribution >= 4 is 5.91 Å². The lowest BCUT2D eigenvalue weighted by atomic mass is 9.90. The third-order valence-corrected chi connectivity index (χ3v) is 5.53. The quantitative estimate of drug-likeness (QED) is 0.762. The van der Waals surface area contributed by atoms with Crippen LogP contribution < -0.4 is 5.32 Å². The SMILES string of the molecule is CCCn1nc(C(=O)N2CCCCC2)c2c1CCC(NCCCC#N)C2. The van der Waals surface area contributed by atoms with E-state index in [4.69, 9.17) is 10.4 Å². The van der Waals surface area contributed by atoms with Crippen molar-refractivity contribution in [3.63, 3.8) is 0 Å². The number of fused-ring (bicyclic) bond motifs is 1. The highest BCUT2D eigenvalue weighted by Crippen LogP contribution is 2.27. The number of unbranched alkanes of at least 4 members (excludes halogenated alkanes) is 1. The highest BCUT2D eigenvalue weighted by molar-refractivity contribution is 5.94. The lowest BCUT2D eigenvalue weighted by Gasteiger charge is -2.27. The van der Waals surface area contributed by atoms with Crippen molar-refractivity contribution in [1.29, 1.82) is 5.26 Å². The molecule has 1 fully saturated rings.